The zero-order valence-corrected chi connectivity index (χ0v) is 8.66. The van der Waals surface area contributed by atoms with Crippen molar-refractivity contribution in [2.45, 2.75) is 12.8 Å². The van der Waals surface area contributed by atoms with Crippen molar-refractivity contribution < 1.29 is 4.39 Å². The molecule has 0 fully saturated rings. The molecule has 3 N–H and O–H groups in total. The first-order chi connectivity index (χ1) is 7.72. The van der Waals surface area contributed by atoms with E-state index < -0.39 is 11.5 Å². The predicted octanol–water partition coefficient (Wildman–Crippen LogP) is 0.954. The third-order valence-electron chi connectivity index (χ3n) is 2.41. The number of halogens is 1. The van der Waals surface area contributed by atoms with Crippen LogP contribution < -0.4 is 11.4 Å². The Morgan fingerprint density at radius 1 is 1.44 bits per heavy atom. The summed E-state index contributed by atoms with van der Waals surface area (Å²) in [6.45, 7) is 0.529. The van der Waals surface area contributed by atoms with E-state index in [1.807, 2.05) is 0 Å². The average Bonchev–Trinajstić information content (AvgIpc) is 2.27. The summed E-state index contributed by atoms with van der Waals surface area (Å²) in [4.78, 5) is 17.5. The van der Waals surface area contributed by atoms with Crippen molar-refractivity contribution in [2.24, 2.45) is 5.73 Å². The number of nitrogens with zero attached hydrogens (tertiary/aromatic N) is 1. The van der Waals surface area contributed by atoms with Crippen molar-refractivity contribution >= 4 is 10.9 Å². The van der Waals surface area contributed by atoms with Crippen molar-refractivity contribution in [3.05, 3.63) is 40.2 Å². The standard InChI is InChI=1S/C11H12FN3O/c12-8-4-1-3-7-9(5-2-6-13)14-11(16)15-10(7)8/h1,3-4H,2,5-6,13H2,(H,14,15,16). The topological polar surface area (TPSA) is 71.8 Å². The van der Waals surface area contributed by atoms with Gasteiger partial charge in [-0.15, -0.1) is 0 Å². The lowest BCUT2D eigenvalue weighted by molar-refractivity contribution is 0.635. The lowest BCUT2D eigenvalue weighted by atomic mass is 10.1. The van der Waals surface area contributed by atoms with Gasteiger partial charge < -0.3 is 10.7 Å². The minimum atomic E-state index is -0.523. The molecule has 0 unspecified atom stereocenters. The molecule has 0 aliphatic rings. The Morgan fingerprint density at radius 2 is 2.25 bits per heavy atom. The number of hydrogen-bond donors (Lipinski definition) is 2. The molecule has 0 aliphatic carbocycles. The molecule has 84 valence electrons. The number of fused-ring (bicyclic) bond motifs is 1. The predicted molar refractivity (Wildman–Crippen MR) is 59.7 cm³/mol. The molecule has 5 heteroatoms. The van der Waals surface area contributed by atoms with Crippen molar-refractivity contribution in [3.8, 4) is 0 Å². The lowest BCUT2D eigenvalue weighted by Crippen LogP contribution is -2.14. The molecule has 2 rings (SSSR count). The van der Waals surface area contributed by atoms with Gasteiger partial charge in [0, 0.05) is 11.1 Å². The first kappa shape index (κ1) is 10.8. The maximum atomic E-state index is 13.4. The SMILES string of the molecule is NCCCc1[nH]c(=O)nc2c(F)cccc12. The largest absolute Gasteiger partial charge is 0.345 e. The lowest BCUT2D eigenvalue weighted by Gasteiger charge is -2.05. The van der Waals surface area contributed by atoms with E-state index in [2.05, 4.69) is 9.97 Å². The van der Waals surface area contributed by atoms with Crippen LogP contribution in [0.5, 0.6) is 0 Å². The maximum Gasteiger partial charge on any atom is 0.345 e. The fraction of sp³-hybridized carbons (Fsp3) is 0.273. The fourth-order valence-electron chi connectivity index (χ4n) is 1.67. The molecule has 0 atom stereocenters. The van der Waals surface area contributed by atoms with E-state index in [9.17, 15) is 9.18 Å². The molecule has 0 radical (unpaired) electrons. The van der Waals surface area contributed by atoms with Crippen LogP contribution in [0.3, 0.4) is 0 Å². The summed E-state index contributed by atoms with van der Waals surface area (Å²) in [7, 11) is 0. The van der Waals surface area contributed by atoms with Crippen LogP contribution in [0.2, 0.25) is 0 Å². The monoisotopic (exact) mass is 221 g/mol. The van der Waals surface area contributed by atoms with Crippen LogP contribution >= 0.6 is 0 Å². The second-order valence-corrected chi connectivity index (χ2v) is 3.55. The number of rotatable bonds is 3. The van der Waals surface area contributed by atoms with Gasteiger partial charge in [0.05, 0.1) is 0 Å². The van der Waals surface area contributed by atoms with Crippen LogP contribution in [-0.2, 0) is 6.42 Å². The summed E-state index contributed by atoms with van der Waals surface area (Å²) in [5.74, 6) is -0.474. The van der Waals surface area contributed by atoms with E-state index in [-0.39, 0.29) is 5.52 Å². The minimum absolute atomic E-state index is 0.123. The first-order valence-corrected chi connectivity index (χ1v) is 5.10. The molecule has 0 amide bonds. The second kappa shape index (κ2) is 4.40. The van der Waals surface area contributed by atoms with Gasteiger partial charge in [-0.3, -0.25) is 0 Å². The summed E-state index contributed by atoms with van der Waals surface area (Å²) in [6.07, 6.45) is 1.36. The van der Waals surface area contributed by atoms with Crippen LogP contribution in [0.1, 0.15) is 12.1 Å². The number of H-pyrrole nitrogens is 1. The van der Waals surface area contributed by atoms with E-state index in [1.54, 1.807) is 12.1 Å². The van der Waals surface area contributed by atoms with Gasteiger partial charge in [-0.2, -0.15) is 4.98 Å². The van der Waals surface area contributed by atoms with E-state index in [1.165, 1.54) is 6.07 Å². The summed E-state index contributed by atoms with van der Waals surface area (Å²) >= 11 is 0. The number of nitrogens with two attached hydrogens (primary N) is 1. The Labute approximate surface area is 91.3 Å². The number of hydrogen-bond acceptors (Lipinski definition) is 3. The minimum Gasteiger partial charge on any atom is -0.330 e. The number of nitrogens with one attached hydrogen (secondary N) is 1. The number of benzene rings is 1. The molecule has 1 heterocycles. The summed E-state index contributed by atoms with van der Waals surface area (Å²) in [5, 5.41) is 0.646. The highest BCUT2D eigenvalue weighted by Gasteiger charge is 2.07. The second-order valence-electron chi connectivity index (χ2n) is 3.55. The molecule has 2 aromatic rings. The van der Waals surface area contributed by atoms with Gasteiger partial charge in [0.2, 0.25) is 0 Å². The molecule has 0 spiro atoms. The van der Waals surface area contributed by atoms with Gasteiger partial charge in [0.25, 0.3) is 0 Å². The molecule has 0 saturated carbocycles. The summed E-state index contributed by atoms with van der Waals surface area (Å²) < 4.78 is 13.4. The Hall–Kier alpha value is -1.75. The highest BCUT2D eigenvalue weighted by Crippen LogP contribution is 2.17. The molecule has 0 bridgehead atoms. The van der Waals surface area contributed by atoms with Crippen LogP contribution in [0.15, 0.2) is 23.0 Å². The molecule has 4 nitrogen and oxygen atoms in total. The molecular weight excluding hydrogens is 209 g/mol. The van der Waals surface area contributed by atoms with Crippen molar-refractivity contribution in [3.63, 3.8) is 0 Å². The van der Waals surface area contributed by atoms with Gasteiger partial charge in [0.1, 0.15) is 11.3 Å². The highest BCUT2D eigenvalue weighted by atomic mass is 19.1. The maximum absolute atomic E-state index is 13.4. The van der Waals surface area contributed by atoms with Crippen LogP contribution in [0.4, 0.5) is 4.39 Å². The third kappa shape index (κ3) is 1.94. The molecule has 16 heavy (non-hydrogen) atoms. The summed E-state index contributed by atoms with van der Waals surface area (Å²) in [5.41, 5.74) is 5.70. The zero-order valence-electron chi connectivity index (χ0n) is 8.66. The molecular formula is C11H12FN3O. The summed E-state index contributed by atoms with van der Waals surface area (Å²) in [6, 6.07) is 4.64. The van der Waals surface area contributed by atoms with E-state index in [0.29, 0.717) is 24.0 Å². The van der Waals surface area contributed by atoms with Gasteiger partial charge in [-0.05, 0) is 25.5 Å². The van der Waals surface area contributed by atoms with Gasteiger partial charge in [0.15, 0.2) is 0 Å². The van der Waals surface area contributed by atoms with Crippen LogP contribution in [-0.4, -0.2) is 16.5 Å². The van der Waals surface area contributed by atoms with Gasteiger partial charge in [-0.1, -0.05) is 12.1 Å². The molecule has 0 saturated heterocycles. The quantitative estimate of drug-likeness (QED) is 0.810. The Balaban J connectivity index is 2.63. The zero-order chi connectivity index (χ0) is 11.5. The Kier molecular flexibility index (Phi) is 2.96. The average molecular weight is 221 g/mol. The number of para-hydroxylation sites is 1. The number of aromatic amines is 1. The Morgan fingerprint density at radius 3 is 3.00 bits per heavy atom. The molecule has 1 aromatic heterocycles. The number of aromatic nitrogens is 2. The Bertz CT molecular complexity index is 565. The van der Waals surface area contributed by atoms with Crippen molar-refractivity contribution in [1.29, 1.82) is 0 Å². The van der Waals surface area contributed by atoms with Gasteiger partial charge in [-0.25, -0.2) is 9.18 Å². The van der Waals surface area contributed by atoms with Crippen molar-refractivity contribution in [2.75, 3.05) is 6.54 Å². The van der Waals surface area contributed by atoms with Crippen molar-refractivity contribution in [1.82, 2.24) is 9.97 Å². The van der Waals surface area contributed by atoms with Crippen LogP contribution in [0, 0.1) is 5.82 Å². The van der Waals surface area contributed by atoms with E-state index >= 15 is 0 Å². The van der Waals surface area contributed by atoms with Gasteiger partial charge >= 0.3 is 5.69 Å². The highest BCUT2D eigenvalue weighted by molar-refractivity contribution is 5.81. The van der Waals surface area contributed by atoms with E-state index in [0.717, 1.165) is 6.42 Å². The molecule has 0 aliphatic heterocycles. The smallest absolute Gasteiger partial charge is 0.330 e. The first-order valence-electron chi connectivity index (χ1n) is 5.10. The number of aryl methyl sites for hydroxylation is 1. The fourth-order valence-corrected chi connectivity index (χ4v) is 1.67. The third-order valence-corrected chi connectivity index (χ3v) is 2.41. The van der Waals surface area contributed by atoms with E-state index in [4.69, 9.17) is 5.73 Å². The normalized spacial score (nSPS) is 10.9. The van der Waals surface area contributed by atoms with Crippen LogP contribution in [0.25, 0.3) is 10.9 Å². The molecule has 1 aromatic carbocycles.